The Kier molecular flexibility index (Phi) is 6.95. The van der Waals surface area contributed by atoms with Gasteiger partial charge in [-0.3, -0.25) is 4.79 Å². The molecule has 0 aromatic heterocycles. The molecule has 3 rings (SSSR count). The van der Waals surface area contributed by atoms with E-state index in [0.717, 1.165) is 25.7 Å². The number of likely N-dealkylation sites (tertiary alicyclic amines) is 1. The maximum atomic E-state index is 12.7. The van der Waals surface area contributed by atoms with Crippen molar-refractivity contribution in [2.75, 3.05) is 32.8 Å². The quantitative estimate of drug-likeness (QED) is 0.681. The van der Waals surface area contributed by atoms with Crippen LogP contribution in [0, 0.1) is 11.8 Å². The minimum absolute atomic E-state index is 0.170. The molecule has 2 aliphatic heterocycles. The first-order valence-corrected chi connectivity index (χ1v) is 11.8. The number of carbonyl (C=O) groups is 2. The van der Waals surface area contributed by atoms with Gasteiger partial charge >= 0.3 is 5.97 Å². The second-order valence-corrected chi connectivity index (χ2v) is 10.2. The molecule has 0 aliphatic carbocycles. The average molecular weight is 423 g/mol. The highest BCUT2D eigenvalue weighted by Crippen LogP contribution is 2.22. The van der Waals surface area contributed by atoms with Crippen LogP contribution in [0.1, 0.15) is 49.9 Å². The summed E-state index contributed by atoms with van der Waals surface area (Å²) >= 11 is 0. The van der Waals surface area contributed by atoms with E-state index in [1.165, 1.54) is 28.6 Å². The highest BCUT2D eigenvalue weighted by Gasteiger charge is 2.27. The van der Waals surface area contributed by atoms with E-state index < -0.39 is 16.0 Å². The van der Waals surface area contributed by atoms with Crippen molar-refractivity contribution in [3.63, 3.8) is 0 Å². The minimum Gasteiger partial charge on any atom is -0.452 e. The zero-order valence-electron chi connectivity index (χ0n) is 17.2. The van der Waals surface area contributed by atoms with E-state index in [1.807, 2.05) is 0 Å². The third kappa shape index (κ3) is 5.36. The van der Waals surface area contributed by atoms with Gasteiger partial charge < -0.3 is 9.64 Å². The number of amides is 1. The second kappa shape index (κ2) is 9.26. The van der Waals surface area contributed by atoms with Gasteiger partial charge in [-0.15, -0.1) is 0 Å². The summed E-state index contributed by atoms with van der Waals surface area (Å²) in [6.45, 7) is 6.35. The Hall–Kier alpha value is -1.93. The Morgan fingerprint density at radius 3 is 2.17 bits per heavy atom. The summed E-state index contributed by atoms with van der Waals surface area (Å²) in [6, 6.07) is 5.73. The van der Waals surface area contributed by atoms with E-state index in [-0.39, 0.29) is 23.0 Å². The van der Waals surface area contributed by atoms with Crippen molar-refractivity contribution in [2.45, 2.75) is 44.4 Å². The monoisotopic (exact) mass is 422 g/mol. The largest absolute Gasteiger partial charge is 0.452 e. The Morgan fingerprint density at radius 1 is 1.00 bits per heavy atom. The summed E-state index contributed by atoms with van der Waals surface area (Å²) in [5.41, 5.74) is 0.232. The lowest BCUT2D eigenvalue weighted by atomic mass is 9.92. The van der Waals surface area contributed by atoms with Crippen LogP contribution in [0.3, 0.4) is 0 Å². The van der Waals surface area contributed by atoms with E-state index >= 15 is 0 Å². The fourth-order valence-electron chi connectivity index (χ4n) is 4.19. The number of hydrogen-bond donors (Lipinski definition) is 0. The van der Waals surface area contributed by atoms with Gasteiger partial charge in [0.25, 0.3) is 5.91 Å². The van der Waals surface area contributed by atoms with Crippen molar-refractivity contribution < 1.29 is 22.7 Å². The molecular weight excluding hydrogens is 392 g/mol. The third-order valence-corrected chi connectivity index (χ3v) is 7.50. The van der Waals surface area contributed by atoms with Crippen molar-refractivity contribution >= 4 is 21.9 Å². The molecule has 2 saturated heterocycles. The number of sulfonamides is 1. The molecule has 2 atom stereocenters. The summed E-state index contributed by atoms with van der Waals surface area (Å²) in [6.07, 6.45) is 3.87. The van der Waals surface area contributed by atoms with Crippen LogP contribution >= 0.6 is 0 Å². The van der Waals surface area contributed by atoms with Crippen molar-refractivity contribution in [1.82, 2.24) is 9.21 Å². The molecule has 2 fully saturated rings. The highest BCUT2D eigenvalue weighted by molar-refractivity contribution is 7.89. The molecule has 29 heavy (non-hydrogen) atoms. The Bertz CT molecular complexity index is 821. The zero-order valence-corrected chi connectivity index (χ0v) is 18.0. The molecule has 160 valence electrons. The van der Waals surface area contributed by atoms with Gasteiger partial charge in [-0.2, -0.15) is 4.31 Å². The summed E-state index contributed by atoms with van der Waals surface area (Å²) in [7, 11) is -3.53. The van der Waals surface area contributed by atoms with Crippen LogP contribution in [0.2, 0.25) is 0 Å². The third-order valence-electron chi connectivity index (χ3n) is 5.59. The number of rotatable bonds is 5. The van der Waals surface area contributed by atoms with Gasteiger partial charge in [0.15, 0.2) is 6.61 Å². The van der Waals surface area contributed by atoms with Gasteiger partial charge in [0.05, 0.1) is 10.5 Å². The Balaban J connectivity index is 1.57. The van der Waals surface area contributed by atoms with Gasteiger partial charge in [0.1, 0.15) is 0 Å². The molecule has 1 amide bonds. The van der Waals surface area contributed by atoms with E-state index in [1.54, 1.807) is 4.90 Å². The number of piperidine rings is 2. The predicted octanol–water partition coefficient (Wildman–Crippen LogP) is 2.52. The van der Waals surface area contributed by atoms with Crippen molar-refractivity contribution in [3.8, 4) is 0 Å². The normalized spacial score (nSPS) is 23.6. The summed E-state index contributed by atoms with van der Waals surface area (Å²) < 4.78 is 32.0. The zero-order chi connectivity index (χ0) is 21.0. The maximum absolute atomic E-state index is 12.7. The van der Waals surface area contributed by atoms with Crippen LogP contribution in [-0.4, -0.2) is 62.3 Å². The molecule has 0 bridgehead atoms. The summed E-state index contributed by atoms with van der Waals surface area (Å²) in [5, 5.41) is 0. The lowest BCUT2D eigenvalue weighted by molar-refractivity contribution is -0.137. The molecule has 1 aromatic carbocycles. The van der Waals surface area contributed by atoms with Crippen molar-refractivity contribution in [3.05, 3.63) is 29.8 Å². The van der Waals surface area contributed by atoms with Gasteiger partial charge in [0.2, 0.25) is 10.0 Å². The highest BCUT2D eigenvalue weighted by atomic mass is 32.2. The number of carbonyl (C=O) groups excluding carboxylic acids is 2. The van der Waals surface area contributed by atoms with Crippen LogP contribution in [-0.2, 0) is 19.6 Å². The van der Waals surface area contributed by atoms with E-state index in [0.29, 0.717) is 38.0 Å². The van der Waals surface area contributed by atoms with E-state index in [4.69, 9.17) is 4.74 Å². The molecule has 8 heteroatoms. The van der Waals surface area contributed by atoms with Crippen LogP contribution in [0.4, 0.5) is 0 Å². The number of esters is 1. The molecule has 7 nitrogen and oxygen atoms in total. The number of benzene rings is 1. The van der Waals surface area contributed by atoms with Gasteiger partial charge in [-0.1, -0.05) is 20.3 Å². The predicted molar refractivity (Wildman–Crippen MR) is 109 cm³/mol. The van der Waals surface area contributed by atoms with Crippen LogP contribution in [0.25, 0.3) is 0 Å². The molecule has 2 aliphatic rings. The Labute approximate surface area is 173 Å². The SMILES string of the molecule is C[C@@H]1C[C@@H](C)CN(C(=O)COC(=O)c2ccc(S(=O)(=O)N3CCCCC3)cc2)C1. The second-order valence-electron chi connectivity index (χ2n) is 8.31. The minimum atomic E-state index is -3.53. The maximum Gasteiger partial charge on any atom is 0.338 e. The summed E-state index contributed by atoms with van der Waals surface area (Å²) in [4.78, 5) is 26.5. The first kappa shape index (κ1) is 21.8. The molecule has 0 unspecified atom stereocenters. The van der Waals surface area contributed by atoms with Gasteiger partial charge in [-0.05, 0) is 55.4 Å². The van der Waals surface area contributed by atoms with Crippen LogP contribution < -0.4 is 0 Å². The van der Waals surface area contributed by atoms with Crippen molar-refractivity contribution in [2.24, 2.45) is 11.8 Å². The van der Waals surface area contributed by atoms with Crippen LogP contribution in [0.15, 0.2) is 29.2 Å². The molecule has 0 N–H and O–H groups in total. The fourth-order valence-corrected chi connectivity index (χ4v) is 5.70. The molecule has 0 radical (unpaired) electrons. The first-order chi connectivity index (χ1) is 13.8. The lowest BCUT2D eigenvalue weighted by Crippen LogP contribution is -2.44. The molecule has 0 spiro atoms. The van der Waals surface area contributed by atoms with E-state index in [9.17, 15) is 18.0 Å². The summed E-state index contributed by atoms with van der Waals surface area (Å²) in [5.74, 6) is 0.0556. The standard InChI is InChI=1S/C21H30N2O5S/c1-16-12-17(2)14-22(13-16)20(24)15-28-21(25)18-6-8-19(9-7-18)29(26,27)23-10-4-3-5-11-23/h6-9,16-17H,3-5,10-15H2,1-2H3/t16-,17-/m1/s1. The smallest absolute Gasteiger partial charge is 0.338 e. The Morgan fingerprint density at radius 2 is 1.59 bits per heavy atom. The number of hydrogen-bond acceptors (Lipinski definition) is 5. The van der Waals surface area contributed by atoms with E-state index in [2.05, 4.69) is 13.8 Å². The number of nitrogens with zero attached hydrogens (tertiary/aromatic N) is 2. The average Bonchev–Trinajstić information content (AvgIpc) is 2.71. The molecule has 2 heterocycles. The first-order valence-electron chi connectivity index (χ1n) is 10.3. The molecular formula is C21H30N2O5S. The fraction of sp³-hybridized carbons (Fsp3) is 0.619. The van der Waals surface area contributed by atoms with Gasteiger partial charge in [-0.25, -0.2) is 13.2 Å². The van der Waals surface area contributed by atoms with Crippen molar-refractivity contribution in [1.29, 1.82) is 0 Å². The molecule has 1 aromatic rings. The topological polar surface area (TPSA) is 84.0 Å². The van der Waals surface area contributed by atoms with Crippen LogP contribution in [0.5, 0.6) is 0 Å². The molecule has 0 saturated carbocycles. The van der Waals surface area contributed by atoms with Gasteiger partial charge in [0, 0.05) is 26.2 Å². The number of ether oxygens (including phenoxy) is 1. The lowest BCUT2D eigenvalue weighted by Gasteiger charge is -2.34.